The topological polar surface area (TPSA) is 49.4 Å². The van der Waals surface area contributed by atoms with Crippen LogP contribution < -0.4 is 5.32 Å². The fourth-order valence-corrected chi connectivity index (χ4v) is 2.73. The molecular formula is C12H16N2O2S. The highest BCUT2D eigenvalue weighted by Crippen LogP contribution is 2.18. The first-order valence-electron chi connectivity index (χ1n) is 5.82. The molecular weight excluding hydrogens is 236 g/mol. The lowest BCUT2D eigenvalue weighted by atomic mass is 10.1. The van der Waals surface area contributed by atoms with Gasteiger partial charge in [0.15, 0.2) is 0 Å². The van der Waals surface area contributed by atoms with Crippen LogP contribution in [0.25, 0.3) is 0 Å². The zero-order valence-corrected chi connectivity index (χ0v) is 10.6. The number of carbonyl (C=O) groups excluding carboxylic acids is 2. The predicted molar refractivity (Wildman–Crippen MR) is 66.6 cm³/mol. The Morgan fingerprint density at radius 1 is 1.53 bits per heavy atom. The summed E-state index contributed by atoms with van der Waals surface area (Å²) in [6, 6.07) is 3.65. The van der Waals surface area contributed by atoms with Crippen molar-refractivity contribution < 1.29 is 9.59 Å². The van der Waals surface area contributed by atoms with Gasteiger partial charge in [-0.3, -0.25) is 9.59 Å². The average Bonchev–Trinajstić information content (AvgIpc) is 2.81. The summed E-state index contributed by atoms with van der Waals surface area (Å²) in [5, 5.41) is 4.63. The van der Waals surface area contributed by atoms with Gasteiger partial charge in [-0.05, 0) is 17.9 Å². The summed E-state index contributed by atoms with van der Waals surface area (Å²) < 4.78 is 0. The van der Waals surface area contributed by atoms with Gasteiger partial charge in [-0.15, -0.1) is 11.3 Å². The van der Waals surface area contributed by atoms with Crippen molar-refractivity contribution in [2.24, 2.45) is 0 Å². The molecule has 1 N–H and O–H groups in total. The number of piperazine rings is 1. The van der Waals surface area contributed by atoms with Crippen LogP contribution >= 0.6 is 11.3 Å². The number of amides is 2. The summed E-state index contributed by atoms with van der Waals surface area (Å²) in [6.45, 7) is 2.70. The molecule has 17 heavy (non-hydrogen) atoms. The molecule has 2 amide bonds. The Labute approximate surface area is 105 Å². The third kappa shape index (κ3) is 2.66. The van der Waals surface area contributed by atoms with Crippen molar-refractivity contribution in [2.75, 3.05) is 6.54 Å². The monoisotopic (exact) mass is 252 g/mol. The van der Waals surface area contributed by atoms with Crippen LogP contribution in [0.3, 0.4) is 0 Å². The molecule has 1 atom stereocenters. The Balaban J connectivity index is 2.13. The van der Waals surface area contributed by atoms with Crippen LogP contribution in [-0.4, -0.2) is 29.3 Å². The van der Waals surface area contributed by atoms with Crippen molar-refractivity contribution in [3.8, 4) is 0 Å². The van der Waals surface area contributed by atoms with Gasteiger partial charge in [0.1, 0.15) is 6.04 Å². The number of rotatable bonds is 4. The third-order valence-electron chi connectivity index (χ3n) is 2.88. The van der Waals surface area contributed by atoms with Crippen molar-refractivity contribution in [2.45, 2.75) is 32.4 Å². The highest BCUT2D eigenvalue weighted by molar-refractivity contribution is 7.09. The van der Waals surface area contributed by atoms with Crippen molar-refractivity contribution >= 4 is 23.2 Å². The lowest BCUT2D eigenvalue weighted by Gasteiger charge is -2.34. The van der Waals surface area contributed by atoms with Crippen LogP contribution in [0.2, 0.25) is 0 Å². The standard InChI is InChI=1S/C12H16N2O2S/c1-2-4-10-12(16)13-7-11(15)14(10)8-9-5-3-6-17-9/h3,5-6,10H,2,4,7-8H2,1H3,(H,13,16). The summed E-state index contributed by atoms with van der Waals surface area (Å²) >= 11 is 1.61. The van der Waals surface area contributed by atoms with Gasteiger partial charge in [0.05, 0.1) is 13.1 Å². The molecule has 1 aliphatic rings. The Morgan fingerprint density at radius 2 is 2.35 bits per heavy atom. The maximum absolute atomic E-state index is 11.9. The first-order chi connectivity index (χ1) is 8.22. The molecule has 1 saturated heterocycles. The molecule has 92 valence electrons. The summed E-state index contributed by atoms with van der Waals surface area (Å²) in [5.74, 6) is -0.0144. The summed E-state index contributed by atoms with van der Waals surface area (Å²) in [5.41, 5.74) is 0. The quantitative estimate of drug-likeness (QED) is 0.880. The summed E-state index contributed by atoms with van der Waals surface area (Å²) in [7, 11) is 0. The smallest absolute Gasteiger partial charge is 0.243 e. The minimum atomic E-state index is -0.302. The third-order valence-corrected chi connectivity index (χ3v) is 3.74. The van der Waals surface area contributed by atoms with E-state index in [9.17, 15) is 9.59 Å². The SMILES string of the molecule is CCCC1C(=O)NCC(=O)N1Cc1cccs1. The predicted octanol–water partition coefficient (Wildman–Crippen LogP) is 1.38. The zero-order chi connectivity index (χ0) is 12.3. The number of thiophene rings is 1. The van der Waals surface area contributed by atoms with E-state index in [1.165, 1.54) is 0 Å². The maximum Gasteiger partial charge on any atom is 0.243 e. The number of nitrogens with zero attached hydrogens (tertiary/aromatic N) is 1. The van der Waals surface area contributed by atoms with Crippen LogP contribution in [0.4, 0.5) is 0 Å². The van der Waals surface area contributed by atoms with E-state index in [0.29, 0.717) is 6.54 Å². The van der Waals surface area contributed by atoms with Gasteiger partial charge >= 0.3 is 0 Å². The molecule has 1 fully saturated rings. The minimum Gasteiger partial charge on any atom is -0.345 e. The van der Waals surface area contributed by atoms with E-state index in [1.54, 1.807) is 16.2 Å². The average molecular weight is 252 g/mol. The molecule has 0 radical (unpaired) electrons. The zero-order valence-electron chi connectivity index (χ0n) is 9.81. The highest BCUT2D eigenvalue weighted by Gasteiger charge is 2.33. The molecule has 4 nitrogen and oxygen atoms in total. The summed E-state index contributed by atoms with van der Waals surface area (Å²) in [6.07, 6.45) is 1.62. The number of carbonyl (C=O) groups is 2. The van der Waals surface area contributed by atoms with E-state index in [-0.39, 0.29) is 24.4 Å². The molecule has 1 unspecified atom stereocenters. The van der Waals surface area contributed by atoms with E-state index in [0.717, 1.165) is 17.7 Å². The van der Waals surface area contributed by atoms with Gasteiger partial charge in [0.25, 0.3) is 0 Å². The Hall–Kier alpha value is -1.36. The fourth-order valence-electron chi connectivity index (χ4n) is 2.03. The van der Waals surface area contributed by atoms with Gasteiger partial charge in [-0.1, -0.05) is 19.4 Å². The number of hydrogen-bond acceptors (Lipinski definition) is 3. The first-order valence-corrected chi connectivity index (χ1v) is 6.70. The van der Waals surface area contributed by atoms with E-state index in [1.807, 2.05) is 24.4 Å². The second kappa shape index (κ2) is 5.31. The Kier molecular flexibility index (Phi) is 3.78. The van der Waals surface area contributed by atoms with Crippen LogP contribution in [0, 0.1) is 0 Å². The number of hydrogen-bond donors (Lipinski definition) is 1. The molecule has 1 aromatic heterocycles. The van der Waals surface area contributed by atoms with Crippen molar-refractivity contribution in [3.05, 3.63) is 22.4 Å². The van der Waals surface area contributed by atoms with Gasteiger partial charge in [0, 0.05) is 4.88 Å². The molecule has 0 aliphatic carbocycles. The lowest BCUT2D eigenvalue weighted by molar-refractivity contribution is -0.146. The Bertz CT molecular complexity index is 403. The minimum absolute atomic E-state index is 0.0106. The molecule has 2 rings (SSSR count). The van der Waals surface area contributed by atoms with E-state index in [4.69, 9.17) is 0 Å². The lowest BCUT2D eigenvalue weighted by Crippen LogP contribution is -2.57. The van der Waals surface area contributed by atoms with Gasteiger partial charge in [-0.25, -0.2) is 0 Å². The van der Waals surface area contributed by atoms with Crippen molar-refractivity contribution in [1.29, 1.82) is 0 Å². The second-order valence-corrected chi connectivity index (χ2v) is 5.16. The number of nitrogens with one attached hydrogen (secondary N) is 1. The molecule has 0 aromatic carbocycles. The largest absolute Gasteiger partial charge is 0.345 e. The van der Waals surface area contributed by atoms with Crippen LogP contribution in [0.1, 0.15) is 24.6 Å². The van der Waals surface area contributed by atoms with Crippen molar-refractivity contribution in [1.82, 2.24) is 10.2 Å². The normalized spacial score (nSPS) is 20.5. The van der Waals surface area contributed by atoms with E-state index < -0.39 is 0 Å². The molecule has 1 aromatic rings. The van der Waals surface area contributed by atoms with Crippen LogP contribution in [-0.2, 0) is 16.1 Å². The van der Waals surface area contributed by atoms with Gasteiger partial charge in [0.2, 0.25) is 11.8 Å². The highest BCUT2D eigenvalue weighted by atomic mass is 32.1. The van der Waals surface area contributed by atoms with E-state index in [2.05, 4.69) is 5.32 Å². The fraction of sp³-hybridized carbons (Fsp3) is 0.500. The van der Waals surface area contributed by atoms with Crippen molar-refractivity contribution in [3.63, 3.8) is 0 Å². The molecule has 5 heteroatoms. The van der Waals surface area contributed by atoms with E-state index >= 15 is 0 Å². The first kappa shape index (κ1) is 12.1. The molecule has 0 spiro atoms. The van der Waals surface area contributed by atoms with Crippen LogP contribution in [0.5, 0.6) is 0 Å². The van der Waals surface area contributed by atoms with Gasteiger partial charge < -0.3 is 10.2 Å². The molecule has 1 aliphatic heterocycles. The van der Waals surface area contributed by atoms with Gasteiger partial charge in [-0.2, -0.15) is 0 Å². The molecule has 2 heterocycles. The summed E-state index contributed by atoms with van der Waals surface area (Å²) in [4.78, 5) is 26.5. The molecule has 0 bridgehead atoms. The molecule has 0 saturated carbocycles. The van der Waals surface area contributed by atoms with Crippen LogP contribution in [0.15, 0.2) is 17.5 Å². The second-order valence-electron chi connectivity index (χ2n) is 4.12. The Morgan fingerprint density at radius 3 is 3.00 bits per heavy atom. The maximum atomic E-state index is 11.9.